The summed E-state index contributed by atoms with van der Waals surface area (Å²) in [4.78, 5) is 12.6. The van der Waals surface area contributed by atoms with Gasteiger partial charge in [0.05, 0.1) is 18.7 Å². The molecule has 1 heterocycles. The molecule has 2 aromatic rings. The highest BCUT2D eigenvalue weighted by molar-refractivity contribution is 5.93. The van der Waals surface area contributed by atoms with E-state index >= 15 is 0 Å². The summed E-state index contributed by atoms with van der Waals surface area (Å²) in [6, 6.07) is 12.7. The van der Waals surface area contributed by atoms with Crippen LogP contribution in [0.2, 0.25) is 0 Å². The number of rotatable bonds is 5. The van der Waals surface area contributed by atoms with Crippen molar-refractivity contribution >= 4 is 11.6 Å². The minimum absolute atomic E-state index is 0.0169. The van der Waals surface area contributed by atoms with Gasteiger partial charge in [-0.25, -0.2) is 0 Å². The van der Waals surface area contributed by atoms with E-state index in [0.717, 1.165) is 11.3 Å². The number of carbonyl (C=O) groups excluding carboxylic acids is 1. The summed E-state index contributed by atoms with van der Waals surface area (Å²) in [6.45, 7) is 14.8. The molecule has 1 aliphatic heterocycles. The van der Waals surface area contributed by atoms with E-state index in [0.29, 0.717) is 23.8 Å². The lowest BCUT2D eigenvalue weighted by atomic mass is 9.80. The Morgan fingerprint density at radius 3 is 2.33 bits per heavy atom. The molecule has 0 bridgehead atoms. The SMILES string of the molecule is COc1cc2c(cc1NC(=O)CC(C)(C)C)C(c1ccc(C(C)C)cc1)C(C)(C)O2. The number of methoxy groups -OCH3 is 1. The Kier molecular flexibility index (Phi) is 5.90. The number of hydrogen-bond donors (Lipinski definition) is 1. The number of hydrogen-bond acceptors (Lipinski definition) is 3. The third-order valence-corrected chi connectivity index (χ3v) is 5.61. The van der Waals surface area contributed by atoms with E-state index in [9.17, 15) is 4.79 Å². The first kappa shape index (κ1) is 22.2. The smallest absolute Gasteiger partial charge is 0.224 e. The zero-order valence-corrected chi connectivity index (χ0v) is 19.6. The molecule has 0 saturated heterocycles. The minimum Gasteiger partial charge on any atom is -0.494 e. The van der Waals surface area contributed by atoms with Crippen LogP contribution in [0, 0.1) is 5.41 Å². The van der Waals surface area contributed by atoms with Gasteiger partial charge in [0.2, 0.25) is 5.91 Å². The predicted molar refractivity (Wildman–Crippen MR) is 123 cm³/mol. The third kappa shape index (κ3) is 4.63. The average molecular weight is 410 g/mol. The molecule has 0 saturated carbocycles. The van der Waals surface area contributed by atoms with Crippen molar-refractivity contribution in [2.45, 2.75) is 72.3 Å². The van der Waals surface area contributed by atoms with Crippen LogP contribution in [0.5, 0.6) is 11.5 Å². The van der Waals surface area contributed by atoms with Crippen LogP contribution >= 0.6 is 0 Å². The van der Waals surface area contributed by atoms with Crippen molar-refractivity contribution in [3.05, 3.63) is 53.1 Å². The second-order valence-corrected chi connectivity index (χ2v) is 10.3. The maximum absolute atomic E-state index is 12.6. The summed E-state index contributed by atoms with van der Waals surface area (Å²) >= 11 is 0. The normalized spacial score (nSPS) is 17.4. The molecule has 1 unspecified atom stereocenters. The first-order valence-corrected chi connectivity index (χ1v) is 10.7. The molecule has 4 nitrogen and oxygen atoms in total. The number of benzene rings is 2. The largest absolute Gasteiger partial charge is 0.494 e. The van der Waals surface area contributed by atoms with Gasteiger partial charge < -0.3 is 14.8 Å². The van der Waals surface area contributed by atoms with Crippen molar-refractivity contribution in [1.82, 2.24) is 0 Å². The number of carbonyl (C=O) groups is 1. The molecule has 4 heteroatoms. The lowest BCUT2D eigenvalue weighted by Crippen LogP contribution is -2.30. The molecule has 0 aliphatic carbocycles. The van der Waals surface area contributed by atoms with Crippen LogP contribution in [-0.2, 0) is 4.79 Å². The molecule has 0 radical (unpaired) electrons. The summed E-state index contributed by atoms with van der Waals surface area (Å²) in [7, 11) is 1.61. The van der Waals surface area contributed by atoms with Crippen molar-refractivity contribution in [2.75, 3.05) is 12.4 Å². The molecule has 1 atom stereocenters. The van der Waals surface area contributed by atoms with Crippen LogP contribution in [0.25, 0.3) is 0 Å². The Morgan fingerprint density at radius 1 is 1.17 bits per heavy atom. The number of anilines is 1. The molecule has 1 aliphatic rings. The van der Waals surface area contributed by atoms with Gasteiger partial charge in [0, 0.05) is 18.1 Å². The molecular weight excluding hydrogens is 374 g/mol. The molecule has 1 amide bonds. The van der Waals surface area contributed by atoms with Crippen LogP contribution in [0.3, 0.4) is 0 Å². The number of ether oxygens (including phenoxy) is 2. The average Bonchev–Trinajstić information content (AvgIpc) is 2.88. The molecule has 30 heavy (non-hydrogen) atoms. The minimum atomic E-state index is -0.402. The van der Waals surface area contributed by atoms with E-state index in [-0.39, 0.29) is 17.2 Å². The highest BCUT2D eigenvalue weighted by Crippen LogP contribution is 2.51. The van der Waals surface area contributed by atoms with Gasteiger partial charge in [0.25, 0.3) is 0 Å². The summed E-state index contributed by atoms with van der Waals surface area (Å²) < 4.78 is 11.9. The molecule has 0 fully saturated rings. The molecule has 1 N–H and O–H groups in total. The molecule has 0 spiro atoms. The fourth-order valence-electron chi connectivity index (χ4n) is 4.21. The van der Waals surface area contributed by atoms with Crippen LogP contribution in [0.4, 0.5) is 5.69 Å². The Hall–Kier alpha value is -2.49. The Balaban J connectivity index is 2.00. The molecule has 162 valence electrons. The number of nitrogens with one attached hydrogen (secondary N) is 1. The summed E-state index contributed by atoms with van der Waals surface area (Å²) in [5.41, 5.74) is 3.81. The quantitative estimate of drug-likeness (QED) is 0.613. The van der Waals surface area contributed by atoms with Gasteiger partial charge in [-0.15, -0.1) is 0 Å². The Labute approximate surface area is 181 Å². The predicted octanol–water partition coefficient (Wildman–Crippen LogP) is 6.50. The standard InChI is InChI=1S/C26H35NO3/c1-16(2)17-9-11-18(12-10-17)24-19-13-20(27-23(28)15-25(3,4)5)22(29-8)14-21(19)30-26(24,6)7/h9-14,16,24H,15H2,1-8H3,(H,27,28). The highest BCUT2D eigenvalue weighted by atomic mass is 16.5. The molecule has 2 aromatic carbocycles. The summed E-state index contributed by atoms with van der Waals surface area (Å²) in [6.07, 6.45) is 0.440. The topological polar surface area (TPSA) is 47.6 Å². The Morgan fingerprint density at radius 2 is 1.80 bits per heavy atom. The zero-order chi connectivity index (χ0) is 22.3. The fraction of sp³-hybridized carbons (Fsp3) is 0.500. The van der Waals surface area contributed by atoms with Gasteiger partial charge in [0.1, 0.15) is 17.1 Å². The van der Waals surface area contributed by atoms with Crippen molar-refractivity contribution in [2.24, 2.45) is 5.41 Å². The van der Waals surface area contributed by atoms with Gasteiger partial charge in [0.15, 0.2) is 0 Å². The highest BCUT2D eigenvalue weighted by Gasteiger charge is 2.43. The molecule has 0 aromatic heterocycles. The number of fused-ring (bicyclic) bond motifs is 1. The van der Waals surface area contributed by atoms with Crippen LogP contribution < -0.4 is 14.8 Å². The third-order valence-electron chi connectivity index (χ3n) is 5.61. The van der Waals surface area contributed by atoms with Crippen molar-refractivity contribution in [3.63, 3.8) is 0 Å². The zero-order valence-electron chi connectivity index (χ0n) is 19.6. The second kappa shape index (κ2) is 7.98. The summed E-state index contributed by atoms with van der Waals surface area (Å²) in [5, 5.41) is 3.05. The van der Waals surface area contributed by atoms with E-state index in [1.165, 1.54) is 11.1 Å². The lowest BCUT2D eigenvalue weighted by Gasteiger charge is -2.27. The van der Waals surface area contributed by atoms with Crippen molar-refractivity contribution in [1.29, 1.82) is 0 Å². The van der Waals surface area contributed by atoms with E-state index < -0.39 is 5.60 Å². The van der Waals surface area contributed by atoms with E-state index in [4.69, 9.17) is 9.47 Å². The van der Waals surface area contributed by atoms with Gasteiger partial charge in [-0.3, -0.25) is 4.79 Å². The summed E-state index contributed by atoms with van der Waals surface area (Å²) in [5.74, 6) is 1.97. The first-order valence-electron chi connectivity index (χ1n) is 10.7. The van der Waals surface area contributed by atoms with E-state index in [2.05, 4.69) is 78.0 Å². The fourth-order valence-corrected chi connectivity index (χ4v) is 4.21. The number of amides is 1. The van der Waals surface area contributed by atoms with Gasteiger partial charge in [-0.05, 0) is 42.4 Å². The molecular formula is C26H35NO3. The maximum Gasteiger partial charge on any atom is 0.224 e. The monoisotopic (exact) mass is 409 g/mol. The Bertz CT molecular complexity index is 921. The van der Waals surface area contributed by atoms with Gasteiger partial charge >= 0.3 is 0 Å². The van der Waals surface area contributed by atoms with Crippen LogP contribution in [0.1, 0.15) is 83.4 Å². The van der Waals surface area contributed by atoms with E-state index in [1.807, 2.05) is 12.1 Å². The van der Waals surface area contributed by atoms with Crippen LogP contribution in [-0.4, -0.2) is 18.6 Å². The maximum atomic E-state index is 12.6. The lowest BCUT2D eigenvalue weighted by molar-refractivity contribution is -0.117. The molecule has 3 rings (SSSR count). The first-order chi connectivity index (χ1) is 13.9. The van der Waals surface area contributed by atoms with Crippen molar-refractivity contribution in [3.8, 4) is 11.5 Å². The van der Waals surface area contributed by atoms with Gasteiger partial charge in [-0.2, -0.15) is 0 Å². The van der Waals surface area contributed by atoms with E-state index in [1.54, 1.807) is 7.11 Å². The second-order valence-electron chi connectivity index (χ2n) is 10.3. The van der Waals surface area contributed by atoms with Crippen LogP contribution in [0.15, 0.2) is 36.4 Å². The van der Waals surface area contributed by atoms with Crippen molar-refractivity contribution < 1.29 is 14.3 Å². The van der Waals surface area contributed by atoms with Gasteiger partial charge in [-0.1, -0.05) is 58.9 Å².